The van der Waals surface area contributed by atoms with Gasteiger partial charge in [0.1, 0.15) is 30.7 Å². The summed E-state index contributed by atoms with van der Waals surface area (Å²) in [4.78, 5) is 11.5. The number of esters is 1. The number of carbonyl (C=O) groups is 1. The average molecular weight is 300 g/mol. The molecular weight excluding hydrogens is 280 g/mol. The molecule has 0 aliphatic carbocycles. The molecule has 0 bridgehead atoms. The van der Waals surface area contributed by atoms with Crippen LogP contribution in [-0.2, 0) is 16.0 Å². The lowest BCUT2D eigenvalue weighted by atomic mass is 10.1. The first-order chi connectivity index (χ1) is 9.93. The smallest absolute Gasteiger partial charge is 0.306 e. The number of hydrogen-bond donors (Lipinski definition) is 5. The van der Waals surface area contributed by atoms with Crippen LogP contribution in [0, 0.1) is 0 Å². The Labute approximate surface area is 122 Å². The first-order valence-corrected chi connectivity index (χ1v) is 6.52. The summed E-state index contributed by atoms with van der Waals surface area (Å²) in [5.74, 6) is -0.423. The Hall–Kier alpha value is -1.67. The normalized spacial score (nSPS) is 15.2. The molecule has 0 spiro atoms. The minimum atomic E-state index is -1.58. The Bertz CT molecular complexity index is 431. The number of aliphatic hydroxyl groups is 4. The lowest BCUT2D eigenvalue weighted by Crippen LogP contribution is -2.42. The topological polar surface area (TPSA) is 127 Å². The standard InChI is InChI=1S/C14H20O7/c15-7-11(17)14(20)12(18)8-21-13(19)6-3-9-1-4-10(16)5-2-9/h1-2,4-5,11-12,14-18,20H,3,6-8H2/t11-,12-,14-/m1/s1. The average Bonchev–Trinajstić information content (AvgIpc) is 2.50. The zero-order valence-electron chi connectivity index (χ0n) is 11.4. The molecule has 0 saturated carbocycles. The molecule has 0 aromatic heterocycles. The van der Waals surface area contributed by atoms with Gasteiger partial charge in [0.15, 0.2) is 0 Å². The fourth-order valence-corrected chi connectivity index (χ4v) is 1.62. The number of aryl methyl sites for hydroxylation is 1. The number of benzene rings is 1. The van der Waals surface area contributed by atoms with E-state index in [9.17, 15) is 15.0 Å². The third kappa shape index (κ3) is 6.09. The molecule has 5 N–H and O–H groups in total. The van der Waals surface area contributed by atoms with E-state index in [0.717, 1.165) is 5.56 Å². The lowest BCUT2D eigenvalue weighted by molar-refractivity contribution is -0.152. The van der Waals surface area contributed by atoms with Gasteiger partial charge in [0.05, 0.1) is 6.61 Å². The largest absolute Gasteiger partial charge is 0.508 e. The Morgan fingerprint density at radius 2 is 1.71 bits per heavy atom. The van der Waals surface area contributed by atoms with E-state index in [1.54, 1.807) is 12.1 Å². The van der Waals surface area contributed by atoms with Crippen LogP contribution in [0.2, 0.25) is 0 Å². The van der Waals surface area contributed by atoms with Gasteiger partial charge in [-0.05, 0) is 24.1 Å². The van der Waals surface area contributed by atoms with Crippen LogP contribution in [0.1, 0.15) is 12.0 Å². The number of carbonyl (C=O) groups excluding carboxylic acids is 1. The summed E-state index contributed by atoms with van der Waals surface area (Å²) in [6.45, 7) is -1.17. The molecule has 0 aliphatic rings. The molecule has 0 saturated heterocycles. The van der Waals surface area contributed by atoms with Crippen LogP contribution in [0.5, 0.6) is 5.75 Å². The third-order valence-electron chi connectivity index (χ3n) is 2.94. The van der Waals surface area contributed by atoms with E-state index in [1.807, 2.05) is 0 Å². The second-order valence-electron chi connectivity index (χ2n) is 4.66. The Morgan fingerprint density at radius 1 is 1.10 bits per heavy atom. The number of aromatic hydroxyl groups is 1. The minimum absolute atomic E-state index is 0.0795. The summed E-state index contributed by atoms with van der Waals surface area (Å²) in [5.41, 5.74) is 0.848. The van der Waals surface area contributed by atoms with Crippen molar-refractivity contribution in [3.05, 3.63) is 29.8 Å². The Balaban J connectivity index is 2.29. The quantitative estimate of drug-likeness (QED) is 0.387. The van der Waals surface area contributed by atoms with Gasteiger partial charge in [0.2, 0.25) is 0 Å². The van der Waals surface area contributed by atoms with Gasteiger partial charge in [-0.15, -0.1) is 0 Å². The molecule has 7 heteroatoms. The van der Waals surface area contributed by atoms with Crippen molar-refractivity contribution in [3.8, 4) is 5.75 Å². The highest BCUT2D eigenvalue weighted by Gasteiger charge is 2.25. The van der Waals surface area contributed by atoms with Gasteiger partial charge < -0.3 is 30.3 Å². The van der Waals surface area contributed by atoms with E-state index >= 15 is 0 Å². The molecule has 0 aliphatic heterocycles. The molecule has 21 heavy (non-hydrogen) atoms. The number of ether oxygens (including phenoxy) is 1. The maximum atomic E-state index is 11.5. The van der Waals surface area contributed by atoms with Crippen molar-refractivity contribution in [1.82, 2.24) is 0 Å². The van der Waals surface area contributed by atoms with Gasteiger partial charge in [-0.1, -0.05) is 12.1 Å². The van der Waals surface area contributed by atoms with Gasteiger partial charge >= 0.3 is 5.97 Å². The number of hydrogen-bond acceptors (Lipinski definition) is 7. The summed E-state index contributed by atoms with van der Waals surface area (Å²) in [6, 6.07) is 6.38. The molecule has 0 radical (unpaired) electrons. The predicted octanol–water partition coefficient (Wildman–Crippen LogP) is -1.06. The maximum absolute atomic E-state index is 11.5. The molecule has 1 aromatic rings. The van der Waals surface area contributed by atoms with Crippen molar-refractivity contribution in [2.75, 3.05) is 13.2 Å². The maximum Gasteiger partial charge on any atom is 0.306 e. The summed E-state index contributed by atoms with van der Waals surface area (Å²) >= 11 is 0. The molecule has 0 unspecified atom stereocenters. The van der Waals surface area contributed by atoms with E-state index in [1.165, 1.54) is 12.1 Å². The van der Waals surface area contributed by atoms with Crippen molar-refractivity contribution < 1.29 is 35.1 Å². The van der Waals surface area contributed by atoms with E-state index < -0.39 is 37.5 Å². The molecule has 0 amide bonds. The highest BCUT2D eigenvalue weighted by molar-refractivity contribution is 5.69. The third-order valence-corrected chi connectivity index (χ3v) is 2.94. The molecule has 118 valence electrons. The van der Waals surface area contributed by atoms with Crippen LogP contribution in [0.3, 0.4) is 0 Å². The van der Waals surface area contributed by atoms with Gasteiger partial charge in [-0.3, -0.25) is 4.79 Å². The fourth-order valence-electron chi connectivity index (χ4n) is 1.62. The van der Waals surface area contributed by atoms with Gasteiger partial charge in [0, 0.05) is 6.42 Å². The van der Waals surface area contributed by atoms with E-state index in [4.69, 9.17) is 20.1 Å². The van der Waals surface area contributed by atoms with Crippen LogP contribution in [0.25, 0.3) is 0 Å². The van der Waals surface area contributed by atoms with Crippen LogP contribution in [0.4, 0.5) is 0 Å². The zero-order valence-corrected chi connectivity index (χ0v) is 11.4. The Kier molecular flexibility index (Phi) is 7.10. The number of phenolic OH excluding ortho intramolecular Hbond substituents is 1. The number of phenols is 1. The SMILES string of the molecule is O=C(CCc1ccc(O)cc1)OC[C@@H](O)[C@H](O)[C@H](O)CO. The molecule has 3 atom stereocenters. The van der Waals surface area contributed by atoms with Gasteiger partial charge in [-0.2, -0.15) is 0 Å². The molecule has 0 heterocycles. The van der Waals surface area contributed by atoms with Gasteiger partial charge in [0.25, 0.3) is 0 Å². The Morgan fingerprint density at radius 3 is 2.29 bits per heavy atom. The summed E-state index contributed by atoms with van der Waals surface area (Å²) < 4.78 is 4.77. The zero-order chi connectivity index (χ0) is 15.8. The summed E-state index contributed by atoms with van der Waals surface area (Å²) in [6.07, 6.45) is -4.05. The van der Waals surface area contributed by atoms with Crippen molar-refractivity contribution in [2.24, 2.45) is 0 Å². The first kappa shape index (κ1) is 17.4. The number of rotatable bonds is 8. The van der Waals surface area contributed by atoms with Crippen LogP contribution in [-0.4, -0.2) is 63.0 Å². The van der Waals surface area contributed by atoms with Crippen molar-refractivity contribution in [2.45, 2.75) is 31.2 Å². The van der Waals surface area contributed by atoms with E-state index in [0.29, 0.717) is 6.42 Å². The minimum Gasteiger partial charge on any atom is -0.508 e. The van der Waals surface area contributed by atoms with Crippen LogP contribution < -0.4 is 0 Å². The van der Waals surface area contributed by atoms with Crippen molar-refractivity contribution in [1.29, 1.82) is 0 Å². The monoisotopic (exact) mass is 300 g/mol. The predicted molar refractivity (Wildman–Crippen MR) is 72.5 cm³/mol. The molecule has 1 rings (SSSR count). The highest BCUT2D eigenvalue weighted by Crippen LogP contribution is 2.11. The lowest BCUT2D eigenvalue weighted by Gasteiger charge is -2.21. The first-order valence-electron chi connectivity index (χ1n) is 6.52. The number of aliphatic hydroxyl groups excluding tert-OH is 4. The summed E-state index contributed by atoms with van der Waals surface area (Å²) in [7, 11) is 0. The van der Waals surface area contributed by atoms with Crippen molar-refractivity contribution in [3.63, 3.8) is 0 Å². The molecular formula is C14H20O7. The molecule has 1 aromatic carbocycles. The molecule has 0 fully saturated rings. The van der Waals surface area contributed by atoms with Crippen LogP contribution in [0.15, 0.2) is 24.3 Å². The van der Waals surface area contributed by atoms with Gasteiger partial charge in [-0.25, -0.2) is 0 Å². The second kappa shape index (κ2) is 8.58. The van der Waals surface area contributed by atoms with E-state index in [-0.39, 0.29) is 12.2 Å². The van der Waals surface area contributed by atoms with Crippen LogP contribution >= 0.6 is 0 Å². The van der Waals surface area contributed by atoms with E-state index in [2.05, 4.69) is 0 Å². The molecule has 7 nitrogen and oxygen atoms in total. The van der Waals surface area contributed by atoms with Crippen molar-refractivity contribution >= 4 is 5.97 Å². The fraction of sp³-hybridized carbons (Fsp3) is 0.500. The summed E-state index contributed by atoms with van der Waals surface area (Å²) in [5, 5.41) is 45.7. The highest BCUT2D eigenvalue weighted by atomic mass is 16.5. The second-order valence-corrected chi connectivity index (χ2v) is 4.66.